The molecule has 1 aromatic carbocycles. The number of hydrogen-bond donors (Lipinski definition) is 3. The van der Waals surface area contributed by atoms with Gasteiger partial charge in [-0.2, -0.15) is 5.21 Å². The third-order valence-electron chi connectivity index (χ3n) is 5.82. The molecule has 0 spiro atoms. The molecule has 1 aliphatic carbocycles. The van der Waals surface area contributed by atoms with Crippen molar-refractivity contribution in [3.63, 3.8) is 0 Å². The lowest BCUT2D eigenvalue weighted by atomic mass is 10.1. The maximum absolute atomic E-state index is 13.1. The highest BCUT2D eigenvalue weighted by atomic mass is 35.5. The number of benzene rings is 1. The fraction of sp³-hybridized carbons (Fsp3) is 0.571. The minimum absolute atomic E-state index is 0.110. The third kappa shape index (κ3) is 4.92. The molecule has 2 aromatic rings. The number of ether oxygens (including phenoxy) is 1. The molecule has 11 heteroatoms. The Hall–Kier alpha value is -2.56. The van der Waals surface area contributed by atoms with Gasteiger partial charge in [-0.15, -0.1) is 10.2 Å². The van der Waals surface area contributed by atoms with Crippen LogP contribution in [0.5, 0.6) is 0 Å². The second-order valence-electron chi connectivity index (χ2n) is 9.38. The second-order valence-corrected chi connectivity index (χ2v) is 9.82. The molecule has 4 rings (SSSR count). The van der Waals surface area contributed by atoms with E-state index in [4.69, 9.17) is 22.1 Å². The second kappa shape index (κ2) is 8.76. The van der Waals surface area contributed by atoms with Crippen LogP contribution in [-0.2, 0) is 20.9 Å². The number of nitrogens with two attached hydrogens (primary N) is 1. The van der Waals surface area contributed by atoms with Crippen LogP contribution in [0.15, 0.2) is 18.2 Å². The van der Waals surface area contributed by atoms with E-state index in [1.54, 1.807) is 23.1 Å². The zero-order valence-electron chi connectivity index (χ0n) is 18.3. The largest absolute Gasteiger partial charge is 0.374 e. The topological polar surface area (TPSA) is 139 Å². The molecule has 2 fully saturated rings. The molecule has 10 nitrogen and oxygen atoms in total. The number of likely N-dealkylation sites (tertiary alicyclic amines) is 1. The Morgan fingerprint density at radius 1 is 1.41 bits per heavy atom. The summed E-state index contributed by atoms with van der Waals surface area (Å²) in [6.45, 7) is 6.60. The Bertz CT molecular complexity index is 992. The zero-order valence-corrected chi connectivity index (χ0v) is 19.1. The van der Waals surface area contributed by atoms with Crippen LogP contribution in [0, 0.1) is 11.8 Å². The molecule has 1 aromatic heterocycles. The summed E-state index contributed by atoms with van der Waals surface area (Å²) in [6, 6.07) is 3.93. The Labute approximate surface area is 191 Å². The lowest BCUT2D eigenvalue weighted by Gasteiger charge is -2.30. The smallest absolute Gasteiger partial charge is 0.243 e. The predicted octanol–water partition coefficient (Wildman–Crippen LogP) is 1.13. The Balaban J connectivity index is 1.43. The van der Waals surface area contributed by atoms with Crippen molar-refractivity contribution in [1.82, 2.24) is 30.8 Å². The van der Waals surface area contributed by atoms with Gasteiger partial charge in [0.2, 0.25) is 17.6 Å². The van der Waals surface area contributed by atoms with Crippen LogP contribution >= 0.6 is 11.6 Å². The molecule has 2 heterocycles. The van der Waals surface area contributed by atoms with Gasteiger partial charge < -0.3 is 20.7 Å². The fourth-order valence-electron chi connectivity index (χ4n) is 4.14. The average Bonchev–Trinajstić information content (AvgIpc) is 3.14. The van der Waals surface area contributed by atoms with Gasteiger partial charge in [0.1, 0.15) is 12.1 Å². The quantitative estimate of drug-likeness (QED) is 0.561. The molecule has 1 saturated carbocycles. The van der Waals surface area contributed by atoms with Crippen LogP contribution in [0.4, 0.5) is 0 Å². The molecular formula is C21H28ClN7O3. The number of carbonyl (C=O) groups is 2. The number of fused-ring (bicyclic) bond motifs is 1. The number of piperidine rings is 1. The maximum Gasteiger partial charge on any atom is 0.243 e. The van der Waals surface area contributed by atoms with Crippen molar-refractivity contribution in [1.29, 1.82) is 0 Å². The number of aromatic amines is 1. The van der Waals surface area contributed by atoms with Gasteiger partial charge in [-0.3, -0.25) is 9.59 Å². The monoisotopic (exact) mass is 461 g/mol. The molecule has 1 saturated heterocycles. The van der Waals surface area contributed by atoms with Crippen molar-refractivity contribution in [2.75, 3.05) is 13.2 Å². The molecule has 2 aliphatic rings. The summed E-state index contributed by atoms with van der Waals surface area (Å²) >= 11 is 6.16. The van der Waals surface area contributed by atoms with Crippen molar-refractivity contribution in [2.24, 2.45) is 17.6 Å². The van der Waals surface area contributed by atoms with E-state index in [0.29, 0.717) is 28.9 Å². The molecule has 4 atom stereocenters. The first-order chi connectivity index (χ1) is 15.1. The molecule has 0 unspecified atom stereocenters. The van der Waals surface area contributed by atoms with Crippen LogP contribution in [0.3, 0.4) is 0 Å². The van der Waals surface area contributed by atoms with E-state index in [9.17, 15) is 9.59 Å². The van der Waals surface area contributed by atoms with Gasteiger partial charge in [0.05, 0.1) is 12.2 Å². The number of carbonyl (C=O) groups excluding carboxylic acids is 2. The molecule has 0 radical (unpaired) electrons. The van der Waals surface area contributed by atoms with Crippen molar-refractivity contribution < 1.29 is 14.3 Å². The SMILES string of the molecule is CC(C)(C)OC[C@@H](N)C(=O)N1C[C@@H]2C[C@@H]2[C@H]1C(=O)NCc1cc(Cl)ccc1-c1nn[nH]n1. The van der Waals surface area contributed by atoms with Gasteiger partial charge in [0, 0.05) is 23.7 Å². The van der Waals surface area contributed by atoms with Crippen molar-refractivity contribution in [3.05, 3.63) is 28.8 Å². The number of aromatic nitrogens is 4. The molecule has 1 aliphatic heterocycles. The number of H-pyrrole nitrogens is 1. The van der Waals surface area contributed by atoms with Crippen LogP contribution in [0.2, 0.25) is 5.02 Å². The van der Waals surface area contributed by atoms with E-state index in [-0.39, 0.29) is 30.9 Å². The fourth-order valence-corrected chi connectivity index (χ4v) is 4.34. The highest BCUT2D eigenvalue weighted by Crippen LogP contribution is 2.49. The van der Waals surface area contributed by atoms with E-state index in [0.717, 1.165) is 12.0 Å². The van der Waals surface area contributed by atoms with E-state index in [1.165, 1.54) is 0 Å². The van der Waals surface area contributed by atoms with Crippen LogP contribution in [0.1, 0.15) is 32.8 Å². The zero-order chi connectivity index (χ0) is 23.0. The standard InChI is InChI=1S/C21H28ClN7O3/c1-21(2,3)32-10-16(23)20(31)29-9-12-7-15(12)17(29)19(30)24-8-11-6-13(22)4-5-14(11)18-25-27-28-26-18/h4-6,12,15-17H,7-10,23H2,1-3H3,(H,24,30)(H,25,26,27,28)/t12-,15-,16+,17-/m0/s1. The van der Waals surface area contributed by atoms with Gasteiger partial charge >= 0.3 is 0 Å². The summed E-state index contributed by atoms with van der Waals surface area (Å²) in [5.74, 6) is 0.482. The molecule has 2 amide bonds. The first-order valence-electron chi connectivity index (χ1n) is 10.6. The average molecular weight is 462 g/mol. The van der Waals surface area contributed by atoms with Gasteiger partial charge in [0.15, 0.2) is 0 Å². The molecule has 172 valence electrons. The van der Waals surface area contributed by atoms with E-state index >= 15 is 0 Å². The Morgan fingerprint density at radius 3 is 2.88 bits per heavy atom. The highest BCUT2D eigenvalue weighted by Gasteiger charge is 2.57. The normalized spacial score (nSPS) is 23.0. The van der Waals surface area contributed by atoms with E-state index in [1.807, 2.05) is 20.8 Å². The van der Waals surface area contributed by atoms with Crippen molar-refractivity contribution >= 4 is 23.4 Å². The molecule has 32 heavy (non-hydrogen) atoms. The third-order valence-corrected chi connectivity index (χ3v) is 6.06. The van der Waals surface area contributed by atoms with E-state index in [2.05, 4.69) is 25.9 Å². The first-order valence-corrected chi connectivity index (χ1v) is 11.0. The number of nitrogens with one attached hydrogen (secondary N) is 2. The lowest BCUT2D eigenvalue weighted by Crippen LogP contribution is -2.54. The van der Waals surface area contributed by atoms with Gasteiger partial charge in [-0.25, -0.2) is 0 Å². The van der Waals surface area contributed by atoms with Crippen molar-refractivity contribution in [3.8, 4) is 11.4 Å². The maximum atomic E-state index is 13.1. The Morgan fingerprint density at radius 2 is 2.19 bits per heavy atom. The highest BCUT2D eigenvalue weighted by molar-refractivity contribution is 6.30. The predicted molar refractivity (Wildman–Crippen MR) is 117 cm³/mol. The minimum Gasteiger partial charge on any atom is -0.374 e. The number of amides is 2. The summed E-state index contributed by atoms with van der Waals surface area (Å²) in [5, 5.41) is 17.5. The number of halogens is 1. The van der Waals surface area contributed by atoms with Crippen LogP contribution in [-0.4, -0.2) is 68.2 Å². The molecular weight excluding hydrogens is 434 g/mol. The number of rotatable bonds is 7. The van der Waals surface area contributed by atoms with E-state index < -0.39 is 17.7 Å². The van der Waals surface area contributed by atoms with Gasteiger partial charge in [0.25, 0.3) is 0 Å². The lowest BCUT2D eigenvalue weighted by molar-refractivity contribution is -0.142. The number of nitrogens with zero attached hydrogens (tertiary/aromatic N) is 4. The summed E-state index contributed by atoms with van der Waals surface area (Å²) < 4.78 is 5.67. The minimum atomic E-state index is -0.806. The first kappa shape index (κ1) is 22.6. The number of tetrazole rings is 1. The summed E-state index contributed by atoms with van der Waals surface area (Å²) in [5.41, 5.74) is 7.18. The Kier molecular flexibility index (Phi) is 6.19. The summed E-state index contributed by atoms with van der Waals surface area (Å²) in [6.07, 6.45) is 0.945. The summed E-state index contributed by atoms with van der Waals surface area (Å²) in [7, 11) is 0. The van der Waals surface area contributed by atoms with Crippen LogP contribution < -0.4 is 11.1 Å². The van der Waals surface area contributed by atoms with Gasteiger partial charge in [-0.05, 0) is 68.0 Å². The summed E-state index contributed by atoms with van der Waals surface area (Å²) in [4.78, 5) is 27.7. The van der Waals surface area contributed by atoms with Gasteiger partial charge in [-0.1, -0.05) is 11.6 Å². The number of hydrogen-bond acceptors (Lipinski definition) is 7. The van der Waals surface area contributed by atoms with Crippen molar-refractivity contribution in [2.45, 2.75) is 51.4 Å². The van der Waals surface area contributed by atoms with Crippen LogP contribution in [0.25, 0.3) is 11.4 Å². The molecule has 4 N–H and O–H groups in total. The molecule has 0 bridgehead atoms.